The number of rotatable bonds is 5. The molecular formula is C10H15NO4. The van der Waals surface area contributed by atoms with Crippen LogP contribution in [0.4, 0.5) is 0 Å². The SMILES string of the molecule is C=CCC(=O)NCC1CCC(C(=O)O)O1. The van der Waals surface area contributed by atoms with Gasteiger partial charge in [-0.15, -0.1) is 6.58 Å². The van der Waals surface area contributed by atoms with E-state index in [9.17, 15) is 9.59 Å². The van der Waals surface area contributed by atoms with E-state index in [4.69, 9.17) is 9.84 Å². The van der Waals surface area contributed by atoms with Crippen LogP contribution in [0.5, 0.6) is 0 Å². The summed E-state index contributed by atoms with van der Waals surface area (Å²) in [7, 11) is 0. The maximum Gasteiger partial charge on any atom is 0.332 e. The highest BCUT2D eigenvalue weighted by Gasteiger charge is 2.30. The van der Waals surface area contributed by atoms with Gasteiger partial charge < -0.3 is 15.2 Å². The summed E-state index contributed by atoms with van der Waals surface area (Å²) in [6.07, 6.45) is 2.08. The lowest BCUT2D eigenvalue weighted by atomic mass is 10.2. The van der Waals surface area contributed by atoms with E-state index in [1.54, 1.807) is 0 Å². The summed E-state index contributed by atoms with van der Waals surface area (Å²) in [5.41, 5.74) is 0. The minimum absolute atomic E-state index is 0.118. The van der Waals surface area contributed by atoms with E-state index in [0.29, 0.717) is 19.4 Å². The molecule has 0 aromatic heterocycles. The zero-order valence-corrected chi connectivity index (χ0v) is 8.44. The summed E-state index contributed by atoms with van der Waals surface area (Å²) in [4.78, 5) is 21.6. The third-order valence-electron chi connectivity index (χ3n) is 2.24. The molecule has 0 aliphatic carbocycles. The average molecular weight is 213 g/mol. The Kier molecular flexibility index (Phi) is 4.30. The number of hydrogen-bond acceptors (Lipinski definition) is 3. The number of carbonyl (C=O) groups excluding carboxylic acids is 1. The molecule has 1 aliphatic heterocycles. The van der Waals surface area contributed by atoms with Gasteiger partial charge in [-0.25, -0.2) is 4.79 Å². The van der Waals surface area contributed by atoms with Crippen molar-refractivity contribution in [2.45, 2.75) is 31.5 Å². The fraction of sp³-hybridized carbons (Fsp3) is 0.600. The largest absolute Gasteiger partial charge is 0.479 e. The molecule has 1 aliphatic rings. The number of aliphatic carboxylic acids is 1. The van der Waals surface area contributed by atoms with Crippen LogP contribution in [-0.4, -0.2) is 35.7 Å². The number of hydrogen-bond donors (Lipinski definition) is 2. The Morgan fingerprint density at radius 1 is 1.53 bits per heavy atom. The molecule has 0 spiro atoms. The van der Waals surface area contributed by atoms with Gasteiger partial charge in [0.05, 0.1) is 6.10 Å². The van der Waals surface area contributed by atoms with Crippen LogP contribution >= 0.6 is 0 Å². The van der Waals surface area contributed by atoms with Crippen molar-refractivity contribution in [2.75, 3.05) is 6.54 Å². The van der Waals surface area contributed by atoms with E-state index in [-0.39, 0.29) is 18.4 Å². The minimum Gasteiger partial charge on any atom is -0.479 e. The predicted molar refractivity (Wildman–Crippen MR) is 53.4 cm³/mol. The highest BCUT2D eigenvalue weighted by Crippen LogP contribution is 2.19. The number of carboxylic acids is 1. The van der Waals surface area contributed by atoms with Gasteiger partial charge in [0.2, 0.25) is 5.91 Å². The smallest absolute Gasteiger partial charge is 0.332 e. The van der Waals surface area contributed by atoms with Gasteiger partial charge in [-0.2, -0.15) is 0 Å². The Morgan fingerprint density at radius 3 is 2.80 bits per heavy atom. The Morgan fingerprint density at radius 2 is 2.27 bits per heavy atom. The summed E-state index contributed by atoms with van der Waals surface area (Å²) < 4.78 is 5.21. The lowest BCUT2D eigenvalue weighted by molar-refractivity contribution is -0.149. The quantitative estimate of drug-likeness (QED) is 0.644. The molecule has 2 unspecified atom stereocenters. The number of carboxylic acid groups (broad SMARTS) is 1. The van der Waals surface area contributed by atoms with Gasteiger partial charge in [-0.1, -0.05) is 6.08 Å². The molecule has 2 N–H and O–H groups in total. The summed E-state index contributed by atoms with van der Waals surface area (Å²) >= 11 is 0. The lowest BCUT2D eigenvalue weighted by Gasteiger charge is -2.11. The van der Waals surface area contributed by atoms with Crippen molar-refractivity contribution >= 4 is 11.9 Å². The standard InChI is InChI=1S/C10H15NO4/c1-2-3-9(12)11-6-7-4-5-8(15-7)10(13)14/h2,7-8H,1,3-6H2,(H,11,12)(H,13,14). The number of carbonyl (C=O) groups is 2. The van der Waals surface area contributed by atoms with Crippen LogP contribution in [0.15, 0.2) is 12.7 Å². The fourth-order valence-electron chi connectivity index (χ4n) is 1.47. The maximum atomic E-state index is 11.1. The van der Waals surface area contributed by atoms with E-state index in [1.807, 2.05) is 0 Å². The van der Waals surface area contributed by atoms with Gasteiger partial charge in [0.25, 0.3) is 0 Å². The second-order valence-electron chi connectivity index (χ2n) is 3.46. The van der Waals surface area contributed by atoms with Crippen molar-refractivity contribution in [3.63, 3.8) is 0 Å². The molecule has 1 rings (SSSR count). The van der Waals surface area contributed by atoms with Crippen LogP contribution in [0.1, 0.15) is 19.3 Å². The molecule has 1 heterocycles. The van der Waals surface area contributed by atoms with Crippen LogP contribution < -0.4 is 5.32 Å². The topological polar surface area (TPSA) is 75.6 Å². The van der Waals surface area contributed by atoms with Crippen LogP contribution in [0.2, 0.25) is 0 Å². The summed E-state index contributed by atoms with van der Waals surface area (Å²) in [5.74, 6) is -1.05. The third kappa shape index (κ3) is 3.71. The molecule has 5 nitrogen and oxygen atoms in total. The molecule has 1 amide bonds. The minimum atomic E-state index is -0.935. The molecule has 0 bridgehead atoms. The Bertz CT molecular complexity index is 264. The predicted octanol–water partition coefficient (Wildman–Crippen LogP) is 0.311. The molecular weight excluding hydrogens is 198 g/mol. The molecule has 0 radical (unpaired) electrons. The summed E-state index contributed by atoms with van der Waals surface area (Å²) in [5, 5.41) is 11.3. The number of nitrogens with one attached hydrogen (secondary N) is 1. The molecule has 15 heavy (non-hydrogen) atoms. The highest BCUT2D eigenvalue weighted by molar-refractivity contribution is 5.77. The van der Waals surface area contributed by atoms with Gasteiger partial charge in [0, 0.05) is 13.0 Å². The molecule has 0 aromatic carbocycles. The Hall–Kier alpha value is -1.36. The van der Waals surface area contributed by atoms with Crippen LogP contribution in [0.25, 0.3) is 0 Å². The van der Waals surface area contributed by atoms with Crippen LogP contribution in [-0.2, 0) is 14.3 Å². The van der Waals surface area contributed by atoms with Crippen LogP contribution in [0, 0.1) is 0 Å². The maximum absolute atomic E-state index is 11.1. The van der Waals surface area contributed by atoms with E-state index in [1.165, 1.54) is 6.08 Å². The van der Waals surface area contributed by atoms with E-state index >= 15 is 0 Å². The first-order valence-corrected chi connectivity index (χ1v) is 4.89. The summed E-state index contributed by atoms with van der Waals surface area (Å²) in [6, 6.07) is 0. The Labute approximate surface area is 88.1 Å². The number of ether oxygens (including phenoxy) is 1. The highest BCUT2D eigenvalue weighted by atomic mass is 16.5. The Balaban J connectivity index is 2.21. The molecule has 0 aromatic rings. The molecule has 1 fully saturated rings. The van der Waals surface area contributed by atoms with Crippen molar-refractivity contribution in [2.24, 2.45) is 0 Å². The lowest BCUT2D eigenvalue weighted by Crippen LogP contribution is -2.32. The average Bonchev–Trinajstić information content (AvgIpc) is 2.63. The van der Waals surface area contributed by atoms with E-state index < -0.39 is 12.1 Å². The van der Waals surface area contributed by atoms with Crippen molar-refractivity contribution in [3.05, 3.63) is 12.7 Å². The monoisotopic (exact) mass is 213 g/mol. The number of amides is 1. The van der Waals surface area contributed by atoms with Gasteiger partial charge in [0.15, 0.2) is 6.10 Å². The molecule has 2 atom stereocenters. The molecule has 1 saturated heterocycles. The summed E-state index contributed by atoms with van der Waals surface area (Å²) in [6.45, 7) is 3.82. The second kappa shape index (κ2) is 5.50. The van der Waals surface area contributed by atoms with Crippen molar-refractivity contribution in [1.29, 1.82) is 0 Å². The van der Waals surface area contributed by atoms with Gasteiger partial charge in [-0.05, 0) is 12.8 Å². The zero-order valence-electron chi connectivity index (χ0n) is 8.44. The fourth-order valence-corrected chi connectivity index (χ4v) is 1.47. The first-order chi connectivity index (χ1) is 7.13. The van der Waals surface area contributed by atoms with Crippen molar-refractivity contribution in [1.82, 2.24) is 5.32 Å². The molecule has 0 saturated carbocycles. The van der Waals surface area contributed by atoms with Gasteiger partial charge in [-0.3, -0.25) is 4.79 Å². The molecule has 5 heteroatoms. The second-order valence-corrected chi connectivity index (χ2v) is 3.46. The van der Waals surface area contributed by atoms with Crippen molar-refractivity contribution < 1.29 is 19.4 Å². The first kappa shape index (κ1) is 11.7. The van der Waals surface area contributed by atoms with Gasteiger partial charge >= 0.3 is 5.97 Å². The normalized spacial score (nSPS) is 24.8. The van der Waals surface area contributed by atoms with Crippen LogP contribution in [0.3, 0.4) is 0 Å². The van der Waals surface area contributed by atoms with E-state index in [0.717, 1.165) is 0 Å². The van der Waals surface area contributed by atoms with E-state index in [2.05, 4.69) is 11.9 Å². The first-order valence-electron chi connectivity index (χ1n) is 4.89. The van der Waals surface area contributed by atoms with Crippen molar-refractivity contribution in [3.8, 4) is 0 Å². The zero-order chi connectivity index (χ0) is 11.3. The van der Waals surface area contributed by atoms with Gasteiger partial charge in [0.1, 0.15) is 0 Å². The third-order valence-corrected chi connectivity index (χ3v) is 2.24. The molecule has 84 valence electrons.